The third kappa shape index (κ3) is 3.21. The van der Waals surface area contributed by atoms with E-state index in [2.05, 4.69) is 19.2 Å². The van der Waals surface area contributed by atoms with Crippen molar-refractivity contribution in [2.45, 2.75) is 45.4 Å². The summed E-state index contributed by atoms with van der Waals surface area (Å²) in [6.07, 6.45) is 3.51. The molecule has 2 aliphatic rings. The van der Waals surface area contributed by atoms with Crippen LogP contribution in [0.3, 0.4) is 0 Å². The molecule has 3 amide bonds. The summed E-state index contributed by atoms with van der Waals surface area (Å²) in [7, 11) is 0. The minimum absolute atomic E-state index is 0.171. The second kappa shape index (κ2) is 6.75. The first-order chi connectivity index (χ1) is 11.5. The number of carbonyl (C=O) groups excluding carboxylic acids is 3. The van der Waals surface area contributed by atoms with Crippen molar-refractivity contribution in [1.82, 2.24) is 4.90 Å². The van der Waals surface area contributed by atoms with Gasteiger partial charge in [-0.2, -0.15) is 0 Å². The van der Waals surface area contributed by atoms with E-state index in [4.69, 9.17) is 0 Å². The summed E-state index contributed by atoms with van der Waals surface area (Å²) in [4.78, 5) is 38.3. The number of anilines is 1. The zero-order valence-corrected chi connectivity index (χ0v) is 14.2. The van der Waals surface area contributed by atoms with Gasteiger partial charge in [-0.25, -0.2) is 0 Å². The summed E-state index contributed by atoms with van der Waals surface area (Å²) in [5.41, 5.74) is 1.83. The number of imide groups is 1. The lowest BCUT2D eigenvalue weighted by atomic mass is 9.81. The van der Waals surface area contributed by atoms with Crippen LogP contribution < -0.4 is 5.32 Å². The van der Waals surface area contributed by atoms with Crippen molar-refractivity contribution in [3.05, 3.63) is 29.8 Å². The number of rotatable bonds is 4. The molecule has 1 aromatic rings. The Morgan fingerprint density at radius 1 is 1.17 bits per heavy atom. The number of nitrogens with one attached hydrogen (secondary N) is 1. The van der Waals surface area contributed by atoms with Crippen LogP contribution in [0.1, 0.15) is 51.0 Å². The van der Waals surface area contributed by atoms with Gasteiger partial charge in [-0.3, -0.25) is 19.3 Å². The van der Waals surface area contributed by atoms with E-state index >= 15 is 0 Å². The SMILES string of the molecule is CC(C)c1cccc(NC(=O)CN2C(=O)C3CCCCC3C2=O)c1. The number of amides is 3. The van der Waals surface area contributed by atoms with E-state index in [1.807, 2.05) is 24.3 Å². The molecule has 1 aliphatic carbocycles. The van der Waals surface area contributed by atoms with E-state index in [0.29, 0.717) is 11.6 Å². The molecule has 0 spiro atoms. The van der Waals surface area contributed by atoms with E-state index in [1.54, 1.807) is 0 Å². The number of carbonyl (C=O) groups is 3. The fourth-order valence-corrected chi connectivity index (χ4v) is 3.71. The lowest BCUT2D eigenvalue weighted by molar-refractivity contribution is -0.142. The van der Waals surface area contributed by atoms with Crippen LogP contribution >= 0.6 is 0 Å². The Morgan fingerprint density at radius 2 is 1.79 bits per heavy atom. The van der Waals surface area contributed by atoms with Crippen LogP contribution in [-0.4, -0.2) is 29.2 Å². The van der Waals surface area contributed by atoms with Gasteiger partial charge >= 0.3 is 0 Å². The summed E-state index contributed by atoms with van der Waals surface area (Å²) < 4.78 is 0. The monoisotopic (exact) mass is 328 g/mol. The van der Waals surface area contributed by atoms with E-state index in [0.717, 1.165) is 36.1 Å². The lowest BCUT2D eigenvalue weighted by Crippen LogP contribution is -2.38. The third-order valence-electron chi connectivity index (χ3n) is 5.07. The zero-order chi connectivity index (χ0) is 17.3. The van der Waals surface area contributed by atoms with E-state index in [-0.39, 0.29) is 36.1 Å². The number of hydrogen-bond acceptors (Lipinski definition) is 3. The number of fused-ring (bicyclic) bond motifs is 1. The number of likely N-dealkylation sites (tertiary alicyclic amines) is 1. The normalized spacial score (nSPS) is 23.5. The lowest BCUT2D eigenvalue weighted by Gasteiger charge is -2.19. The van der Waals surface area contributed by atoms with Crippen molar-refractivity contribution >= 4 is 23.4 Å². The molecule has 0 aromatic heterocycles. The molecule has 1 saturated carbocycles. The minimum Gasteiger partial charge on any atom is -0.325 e. The van der Waals surface area contributed by atoms with Crippen LogP contribution in [0.5, 0.6) is 0 Å². The van der Waals surface area contributed by atoms with Gasteiger partial charge in [-0.05, 0) is 36.5 Å². The summed E-state index contributed by atoms with van der Waals surface area (Å²) >= 11 is 0. The number of nitrogens with zero attached hydrogens (tertiary/aromatic N) is 1. The highest BCUT2D eigenvalue weighted by atomic mass is 16.2. The number of benzene rings is 1. The Labute approximate surface area is 142 Å². The minimum atomic E-state index is -0.323. The maximum Gasteiger partial charge on any atom is 0.244 e. The van der Waals surface area contributed by atoms with Crippen molar-refractivity contribution in [2.24, 2.45) is 11.8 Å². The molecule has 24 heavy (non-hydrogen) atoms. The average molecular weight is 328 g/mol. The molecule has 1 saturated heterocycles. The van der Waals surface area contributed by atoms with Gasteiger partial charge in [0.15, 0.2) is 0 Å². The van der Waals surface area contributed by atoms with Crippen LogP contribution in [-0.2, 0) is 14.4 Å². The van der Waals surface area contributed by atoms with Gasteiger partial charge in [-0.15, -0.1) is 0 Å². The fraction of sp³-hybridized carbons (Fsp3) is 0.526. The van der Waals surface area contributed by atoms with Crippen LogP contribution in [0.25, 0.3) is 0 Å². The second-order valence-electron chi connectivity index (χ2n) is 7.09. The van der Waals surface area contributed by atoms with Crippen LogP contribution in [0, 0.1) is 11.8 Å². The second-order valence-corrected chi connectivity index (χ2v) is 7.09. The zero-order valence-electron chi connectivity index (χ0n) is 14.2. The van der Waals surface area contributed by atoms with E-state index in [9.17, 15) is 14.4 Å². The molecular formula is C19H24N2O3. The summed E-state index contributed by atoms with van der Waals surface area (Å²) in [6, 6.07) is 7.65. The molecule has 5 nitrogen and oxygen atoms in total. The van der Waals surface area contributed by atoms with Crippen molar-refractivity contribution in [3.63, 3.8) is 0 Å². The summed E-state index contributed by atoms with van der Waals surface area (Å²) in [5.74, 6) is -0.707. The molecule has 0 bridgehead atoms. The van der Waals surface area contributed by atoms with Crippen LogP contribution in [0.15, 0.2) is 24.3 Å². The Hall–Kier alpha value is -2.17. The number of hydrogen-bond donors (Lipinski definition) is 1. The van der Waals surface area contributed by atoms with Crippen molar-refractivity contribution in [3.8, 4) is 0 Å². The maximum atomic E-state index is 12.4. The van der Waals surface area contributed by atoms with E-state index < -0.39 is 0 Å². The van der Waals surface area contributed by atoms with Gasteiger partial charge < -0.3 is 5.32 Å². The standard InChI is InChI=1S/C19H24N2O3/c1-12(2)13-6-5-7-14(10-13)20-17(22)11-21-18(23)15-8-3-4-9-16(15)19(21)24/h5-7,10,12,15-16H,3-4,8-9,11H2,1-2H3,(H,20,22). The van der Waals surface area contributed by atoms with Gasteiger partial charge in [0.05, 0.1) is 11.8 Å². The largest absolute Gasteiger partial charge is 0.325 e. The fourth-order valence-electron chi connectivity index (χ4n) is 3.71. The van der Waals surface area contributed by atoms with Gasteiger partial charge in [-0.1, -0.05) is 38.8 Å². The van der Waals surface area contributed by atoms with Gasteiger partial charge in [0.1, 0.15) is 6.54 Å². The van der Waals surface area contributed by atoms with Crippen LogP contribution in [0.4, 0.5) is 5.69 Å². The highest BCUT2D eigenvalue weighted by molar-refractivity contribution is 6.08. The summed E-state index contributed by atoms with van der Waals surface area (Å²) in [5, 5.41) is 2.80. The average Bonchev–Trinajstić information content (AvgIpc) is 2.80. The Balaban J connectivity index is 1.65. The third-order valence-corrected chi connectivity index (χ3v) is 5.07. The van der Waals surface area contributed by atoms with Crippen molar-refractivity contribution in [2.75, 3.05) is 11.9 Å². The molecule has 1 heterocycles. The van der Waals surface area contributed by atoms with Crippen molar-refractivity contribution < 1.29 is 14.4 Å². The van der Waals surface area contributed by atoms with Gasteiger partial charge in [0.25, 0.3) is 0 Å². The topological polar surface area (TPSA) is 66.5 Å². The Kier molecular flexibility index (Phi) is 4.69. The molecule has 2 atom stereocenters. The smallest absolute Gasteiger partial charge is 0.244 e. The molecule has 1 aliphatic heterocycles. The first kappa shape index (κ1) is 16.7. The van der Waals surface area contributed by atoms with Gasteiger partial charge in [0, 0.05) is 5.69 Å². The molecular weight excluding hydrogens is 304 g/mol. The maximum absolute atomic E-state index is 12.4. The molecule has 3 rings (SSSR count). The molecule has 2 fully saturated rings. The predicted octanol–water partition coefficient (Wildman–Crippen LogP) is 2.92. The molecule has 5 heteroatoms. The predicted molar refractivity (Wildman–Crippen MR) is 91.3 cm³/mol. The Morgan fingerprint density at radius 3 is 2.38 bits per heavy atom. The molecule has 128 valence electrons. The molecule has 1 aromatic carbocycles. The highest BCUT2D eigenvalue weighted by Gasteiger charge is 2.48. The molecule has 1 N–H and O–H groups in total. The van der Waals surface area contributed by atoms with Gasteiger partial charge in [0.2, 0.25) is 17.7 Å². The Bertz CT molecular complexity index is 644. The molecule has 2 unspecified atom stereocenters. The van der Waals surface area contributed by atoms with Crippen molar-refractivity contribution in [1.29, 1.82) is 0 Å². The quantitative estimate of drug-likeness (QED) is 0.864. The first-order valence-corrected chi connectivity index (χ1v) is 8.72. The highest BCUT2D eigenvalue weighted by Crippen LogP contribution is 2.37. The summed E-state index contributed by atoms with van der Waals surface area (Å²) in [6.45, 7) is 3.99. The first-order valence-electron chi connectivity index (χ1n) is 8.72. The van der Waals surface area contributed by atoms with Crippen LogP contribution in [0.2, 0.25) is 0 Å². The molecule has 0 radical (unpaired) electrons. The van der Waals surface area contributed by atoms with E-state index in [1.165, 1.54) is 0 Å².